The van der Waals surface area contributed by atoms with Gasteiger partial charge in [0.05, 0.1) is 0 Å². The van der Waals surface area contributed by atoms with Crippen LogP contribution in [0.4, 0.5) is 0 Å². The summed E-state index contributed by atoms with van der Waals surface area (Å²) < 4.78 is 10.4. The number of thioether (sulfide) groups is 1. The quantitative estimate of drug-likeness (QED) is 0.263. The van der Waals surface area contributed by atoms with Crippen LogP contribution in [0.25, 0.3) is 0 Å². The monoisotopic (exact) mass is 278 g/mol. The number of carbonyl (C=O) groups is 1. The summed E-state index contributed by atoms with van der Waals surface area (Å²) in [5.41, 5.74) is 0.600. The molecule has 1 atom stereocenters. The van der Waals surface area contributed by atoms with Gasteiger partial charge >= 0.3 is 0 Å². The average Bonchev–Trinajstić information content (AvgIpc) is 2.44. The summed E-state index contributed by atoms with van der Waals surface area (Å²) in [6, 6.07) is 7.39. The summed E-state index contributed by atoms with van der Waals surface area (Å²) in [6.45, 7) is 4.48. The number of ketones is 1. The van der Waals surface area contributed by atoms with Gasteiger partial charge in [0.2, 0.25) is 5.78 Å². The van der Waals surface area contributed by atoms with E-state index in [-0.39, 0.29) is 18.7 Å². The van der Waals surface area contributed by atoms with Crippen LogP contribution in [0.5, 0.6) is 0 Å². The van der Waals surface area contributed by atoms with Crippen molar-refractivity contribution in [1.82, 2.24) is 0 Å². The van der Waals surface area contributed by atoms with Gasteiger partial charge in [-0.15, -0.1) is 11.8 Å². The van der Waals surface area contributed by atoms with Crippen molar-refractivity contribution in [3.05, 3.63) is 29.8 Å². The van der Waals surface area contributed by atoms with Crippen molar-refractivity contribution in [1.29, 1.82) is 0 Å². The summed E-state index contributed by atoms with van der Waals surface area (Å²) in [7, 11) is 0. The normalized spacial score (nSPS) is 11.5. The van der Waals surface area contributed by atoms with E-state index in [0.717, 1.165) is 4.90 Å². The molecule has 4 heteroatoms. The molecule has 1 aromatic rings. The van der Waals surface area contributed by atoms with Gasteiger partial charge in [-0.2, -0.15) is 0 Å². The third-order valence-corrected chi connectivity index (χ3v) is 3.09. The Bertz CT molecular complexity index is 457. The predicted molar refractivity (Wildman–Crippen MR) is 77.4 cm³/mol. The number of rotatable bonds is 6. The summed E-state index contributed by atoms with van der Waals surface area (Å²) in [5.74, 6) is 5.06. The highest BCUT2D eigenvalue weighted by Crippen LogP contribution is 2.14. The van der Waals surface area contributed by atoms with Crippen LogP contribution in [0, 0.1) is 11.8 Å². The minimum absolute atomic E-state index is 0.190. The fraction of sp³-hybridized carbons (Fsp3) is 0.400. The zero-order chi connectivity index (χ0) is 14.1. The van der Waals surface area contributed by atoms with Gasteiger partial charge in [-0.05, 0) is 50.3 Å². The highest BCUT2D eigenvalue weighted by Gasteiger charge is 2.02. The topological polar surface area (TPSA) is 35.5 Å². The van der Waals surface area contributed by atoms with Gasteiger partial charge < -0.3 is 9.47 Å². The van der Waals surface area contributed by atoms with Crippen molar-refractivity contribution in [3.8, 4) is 11.8 Å². The maximum atomic E-state index is 11.7. The van der Waals surface area contributed by atoms with Crippen LogP contribution in [0.2, 0.25) is 0 Å². The van der Waals surface area contributed by atoms with Gasteiger partial charge in [0, 0.05) is 17.1 Å². The lowest BCUT2D eigenvalue weighted by atomic mass is 10.1. The smallest absolute Gasteiger partial charge is 0.235 e. The maximum absolute atomic E-state index is 11.7. The van der Waals surface area contributed by atoms with Crippen LogP contribution >= 0.6 is 11.8 Å². The van der Waals surface area contributed by atoms with Crippen LogP contribution in [0.3, 0.4) is 0 Å². The SMILES string of the molecule is CCOC(C)OCC#CC(=O)c1ccc(SC)cc1. The highest BCUT2D eigenvalue weighted by atomic mass is 32.2. The Labute approximate surface area is 118 Å². The summed E-state index contributed by atoms with van der Waals surface area (Å²) in [5, 5.41) is 0. The third-order valence-electron chi connectivity index (χ3n) is 2.35. The van der Waals surface area contributed by atoms with E-state index in [9.17, 15) is 4.79 Å². The van der Waals surface area contributed by atoms with E-state index in [0.29, 0.717) is 12.2 Å². The van der Waals surface area contributed by atoms with Crippen LogP contribution in [-0.4, -0.2) is 31.5 Å². The Morgan fingerprint density at radius 1 is 1.32 bits per heavy atom. The first-order valence-corrected chi connectivity index (χ1v) is 7.30. The second-order valence-corrected chi connectivity index (χ2v) is 4.57. The molecule has 0 fully saturated rings. The maximum Gasteiger partial charge on any atom is 0.235 e. The molecule has 0 aliphatic rings. The lowest BCUT2D eigenvalue weighted by Crippen LogP contribution is -2.12. The summed E-state index contributed by atoms with van der Waals surface area (Å²) >= 11 is 1.64. The van der Waals surface area contributed by atoms with Crippen LogP contribution in [0.1, 0.15) is 24.2 Å². The molecular weight excluding hydrogens is 260 g/mol. The molecule has 0 saturated carbocycles. The van der Waals surface area contributed by atoms with Crippen LogP contribution in [0.15, 0.2) is 29.2 Å². The fourth-order valence-corrected chi connectivity index (χ4v) is 1.78. The lowest BCUT2D eigenvalue weighted by molar-refractivity contribution is -0.117. The van der Waals surface area contributed by atoms with E-state index in [2.05, 4.69) is 11.8 Å². The van der Waals surface area contributed by atoms with Gasteiger partial charge in [-0.1, -0.05) is 5.92 Å². The van der Waals surface area contributed by atoms with E-state index in [1.165, 1.54) is 0 Å². The van der Waals surface area contributed by atoms with Crippen molar-refractivity contribution in [2.24, 2.45) is 0 Å². The molecule has 19 heavy (non-hydrogen) atoms. The molecular formula is C15H18O3S. The second kappa shape index (κ2) is 8.76. The molecule has 0 spiro atoms. The minimum Gasteiger partial charge on any atom is -0.353 e. The molecule has 1 rings (SSSR count). The molecule has 0 saturated heterocycles. The van der Waals surface area contributed by atoms with Crippen molar-refractivity contribution in [2.45, 2.75) is 25.0 Å². The second-order valence-electron chi connectivity index (χ2n) is 3.69. The van der Waals surface area contributed by atoms with E-state index in [1.54, 1.807) is 30.8 Å². The Morgan fingerprint density at radius 2 is 2.00 bits per heavy atom. The van der Waals surface area contributed by atoms with Gasteiger partial charge in [0.25, 0.3) is 0 Å². The molecule has 0 aliphatic carbocycles. The summed E-state index contributed by atoms with van der Waals surface area (Å²) in [4.78, 5) is 12.9. The van der Waals surface area contributed by atoms with Gasteiger partial charge in [0.1, 0.15) is 6.61 Å². The molecule has 3 nitrogen and oxygen atoms in total. The molecule has 102 valence electrons. The fourth-order valence-electron chi connectivity index (χ4n) is 1.37. The third kappa shape index (κ3) is 5.93. The Balaban J connectivity index is 2.46. The first-order chi connectivity index (χ1) is 9.17. The Hall–Kier alpha value is -1.28. The van der Waals surface area contributed by atoms with E-state index in [1.807, 2.05) is 25.3 Å². The van der Waals surface area contributed by atoms with E-state index in [4.69, 9.17) is 9.47 Å². The molecule has 0 amide bonds. The van der Waals surface area contributed by atoms with Crippen molar-refractivity contribution in [2.75, 3.05) is 19.5 Å². The number of ether oxygens (including phenoxy) is 2. The molecule has 0 aromatic heterocycles. The number of hydrogen-bond donors (Lipinski definition) is 0. The highest BCUT2D eigenvalue weighted by molar-refractivity contribution is 7.98. The van der Waals surface area contributed by atoms with Crippen LogP contribution < -0.4 is 0 Å². The predicted octanol–water partition coefficient (Wildman–Crippen LogP) is 2.99. The number of Topliss-reactive ketones (excluding diaryl/α,β-unsaturated/α-hetero) is 1. The molecule has 1 aromatic carbocycles. The zero-order valence-electron chi connectivity index (χ0n) is 11.4. The van der Waals surface area contributed by atoms with Crippen molar-refractivity contribution in [3.63, 3.8) is 0 Å². The van der Waals surface area contributed by atoms with Crippen molar-refractivity contribution < 1.29 is 14.3 Å². The molecule has 0 N–H and O–H groups in total. The van der Waals surface area contributed by atoms with E-state index >= 15 is 0 Å². The van der Waals surface area contributed by atoms with Gasteiger partial charge in [-0.25, -0.2) is 0 Å². The molecule has 0 heterocycles. The number of benzene rings is 1. The Morgan fingerprint density at radius 3 is 2.58 bits per heavy atom. The first kappa shape index (κ1) is 15.8. The van der Waals surface area contributed by atoms with Gasteiger partial charge in [-0.3, -0.25) is 4.79 Å². The molecule has 0 radical (unpaired) electrons. The average molecular weight is 278 g/mol. The largest absolute Gasteiger partial charge is 0.353 e. The molecule has 0 bridgehead atoms. The zero-order valence-corrected chi connectivity index (χ0v) is 12.3. The van der Waals surface area contributed by atoms with Crippen molar-refractivity contribution >= 4 is 17.5 Å². The standard InChI is InChI=1S/C15H18O3S/c1-4-17-12(2)18-11-5-6-15(16)13-7-9-14(19-3)10-8-13/h7-10,12H,4,11H2,1-3H3. The van der Waals surface area contributed by atoms with Gasteiger partial charge in [0.15, 0.2) is 6.29 Å². The Kier molecular flexibility index (Phi) is 7.27. The first-order valence-electron chi connectivity index (χ1n) is 6.07. The number of hydrogen-bond acceptors (Lipinski definition) is 4. The number of carbonyl (C=O) groups excluding carboxylic acids is 1. The molecule has 0 aliphatic heterocycles. The minimum atomic E-state index is -0.296. The lowest BCUT2D eigenvalue weighted by Gasteiger charge is -2.09. The van der Waals surface area contributed by atoms with Crippen LogP contribution in [-0.2, 0) is 9.47 Å². The van der Waals surface area contributed by atoms with E-state index < -0.39 is 0 Å². The summed E-state index contributed by atoms with van der Waals surface area (Å²) in [6.07, 6.45) is 1.70. The molecule has 1 unspecified atom stereocenters.